The molecule has 0 radical (unpaired) electrons. The zero-order valence-electron chi connectivity index (χ0n) is 18.9. The predicted molar refractivity (Wildman–Crippen MR) is 108 cm³/mol. The summed E-state index contributed by atoms with van der Waals surface area (Å²) in [7, 11) is 0. The third-order valence-electron chi connectivity index (χ3n) is 4.54. The number of fused-ring (bicyclic) bond motifs is 2. The molecular formula is C20H24ClN3S. The van der Waals surface area contributed by atoms with E-state index in [1.807, 2.05) is 30.3 Å². The van der Waals surface area contributed by atoms with Crippen LogP contribution in [0.2, 0.25) is 5.02 Å². The first-order valence-electron chi connectivity index (χ1n) is 11.0. The van der Waals surface area contributed by atoms with Crippen molar-refractivity contribution in [2.24, 2.45) is 0 Å². The minimum Gasteiger partial charge on any atom is -0.340 e. The van der Waals surface area contributed by atoms with E-state index >= 15 is 0 Å². The van der Waals surface area contributed by atoms with Crippen LogP contribution in [0, 0.1) is 0 Å². The molecule has 2 aliphatic rings. The molecule has 1 saturated heterocycles. The molecule has 0 N–H and O–H groups in total. The lowest BCUT2D eigenvalue weighted by Crippen LogP contribution is -2.45. The number of nitrogens with zero attached hydrogens (tertiary/aromatic N) is 3. The standard InChI is InChI=1S/C20H24ClN3S/c1-22-11-13-23(14-12-22)9-4-10-24-17-5-2-3-6-19(17)25-20-8-7-16(21)15-18(20)24/h2-3,5-8,15H,4,9-14H2,1H3/i1D3,9D2. The molecule has 0 unspecified atom stereocenters. The first kappa shape index (κ1) is 12.2. The lowest BCUT2D eigenvalue weighted by atomic mass is 10.2. The third kappa shape index (κ3) is 3.82. The Morgan fingerprint density at radius 2 is 1.88 bits per heavy atom. The van der Waals surface area contributed by atoms with Crippen LogP contribution in [0.5, 0.6) is 0 Å². The molecule has 2 aromatic carbocycles. The highest BCUT2D eigenvalue weighted by Gasteiger charge is 2.23. The fourth-order valence-electron chi connectivity index (χ4n) is 3.23. The van der Waals surface area contributed by atoms with Gasteiger partial charge in [-0.25, -0.2) is 0 Å². The van der Waals surface area contributed by atoms with Gasteiger partial charge in [-0.1, -0.05) is 35.5 Å². The number of likely N-dealkylation sites (N-methyl/N-ethyl adjacent to an activating group) is 1. The molecule has 132 valence electrons. The van der Waals surface area contributed by atoms with E-state index in [0.29, 0.717) is 44.2 Å². The van der Waals surface area contributed by atoms with E-state index < -0.39 is 13.5 Å². The van der Waals surface area contributed by atoms with Crippen molar-refractivity contribution < 1.29 is 6.85 Å². The summed E-state index contributed by atoms with van der Waals surface area (Å²) in [6, 6.07) is 13.9. The Kier molecular flexibility index (Phi) is 3.71. The highest BCUT2D eigenvalue weighted by Crippen LogP contribution is 2.48. The Hall–Kier alpha value is -1.20. The summed E-state index contributed by atoms with van der Waals surface area (Å²) in [5.41, 5.74) is 2.05. The minimum atomic E-state index is -2.11. The molecule has 4 rings (SSSR count). The summed E-state index contributed by atoms with van der Waals surface area (Å²) in [6.45, 7) is -1.65. The van der Waals surface area contributed by atoms with Crippen molar-refractivity contribution in [1.29, 1.82) is 0 Å². The van der Waals surface area contributed by atoms with Crippen molar-refractivity contribution in [1.82, 2.24) is 9.80 Å². The molecular weight excluding hydrogens is 350 g/mol. The molecule has 0 spiro atoms. The Morgan fingerprint density at radius 3 is 2.72 bits per heavy atom. The molecule has 0 atom stereocenters. The molecule has 2 aromatic rings. The van der Waals surface area contributed by atoms with E-state index in [0.717, 1.165) is 21.2 Å². The second-order valence-corrected chi connectivity index (χ2v) is 7.74. The average molecular weight is 379 g/mol. The number of hydrogen-bond acceptors (Lipinski definition) is 4. The smallest absolute Gasteiger partial charge is 0.0567 e. The van der Waals surface area contributed by atoms with Crippen LogP contribution in [-0.2, 0) is 0 Å². The number of hydrogen-bond donors (Lipinski definition) is 0. The average Bonchev–Trinajstić information content (AvgIpc) is 2.71. The molecule has 2 aliphatic heterocycles. The zero-order valence-corrected chi connectivity index (χ0v) is 15.5. The van der Waals surface area contributed by atoms with Crippen molar-refractivity contribution >= 4 is 34.7 Å². The van der Waals surface area contributed by atoms with Gasteiger partial charge in [-0.2, -0.15) is 0 Å². The maximum atomic E-state index is 8.65. The van der Waals surface area contributed by atoms with Gasteiger partial charge >= 0.3 is 0 Å². The van der Waals surface area contributed by atoms with Gasteiger partial charge in [-0.15, -0.1) is 0 Å². The number of anilines is 2. The number of piperazine rings is 1. The van der Waals surface area contributed by atoms with Crippen LogP contribution < -0.4 is 4.90 Å². The van der Waals surface area contributed by atoms with E-state index in [9.17, 15) is 0 Å². The van der Waals surface area contributed by atoms with Crippen LogP contribution in [0.25, 0.3) is 0 Å². The van der Waals surface area contributed by atoms with Gasteiger partial charge in [0.25, 0.3) is 0 Å². The lowest BCUT2D eigenvalue weighted by Gasteiger charge is -2.35. The minimum absolute atomic E-state index is 0.297. The molecule has 3 nitrogen and oxygen atoms in total. The van der Waals surface area contributed by atoms with E-state index in [1.54, 1.807) is 16.7 Å². The summed E-state index contributed by atoms with van der Waals surface area (Å²) in [6.07, 6.45) is 0.297. The topological polar surface area (TPSA) is 9.72 Å². The van der Waals surface area contributed by atoms with Crippen LogP contribution in [0.4, 0.5) is 11.4 Å². The van der Waals surface area contributed by atoms with Crippen LogP contribution in [0.15, 0.2) is 52.3 Å². The number of para-hydroxylation sites is 1. The maximum Gasteiger partial charge on any atom is 0.0567 e. The third-order valence-corrected chi connectivity index (χ3v) is 5.90. The highest BCUT2D eigenvalue weighted by atomic mass is 35.5. The van der Waals surface area contributed by atoms with Crippen LogP contribution in [0.3, 0.4) is 0 Å². The maximum absolute atomic E-state index is 8.65. The molecule has 25 heavy (non-hydrogen) atoms. The summed E-state index contributed by atoms with van der Waals surface area (Å²) >= 11 is 7.96. The first-order valence-corrected chi connectivity index (χ1v) is 9.69. The van der Waals surface area contributed by atoms with Crippen molar-refractivity contribution in [3.8, 4) is 0 Å². The van der Waals surface area contributed by atoms with Crippen molar-refractivity contribution in [2.75, 3.05) is 51.1 Å². The molecule has 0 saturated carbocycles. The Morgan fingerprint density at radius 1 is 1.08 bits per heavy atom. The molecule has 1 fully saturated rings. The molecule has 0 bridgehead atoms. The summed E-state index contributed by atoms with van der Waals surface area (Å²) in [4.78, 5) is 7.59. The summed E-state index contributed by atoms with van der Waals surface area (Å²) in [5, 5.41) is 0.655. The van der Waals surface area contributed by atoms with E-state index in [4.69, 9.17) is 18.5 Å². The van der Waals surface area contributed by atoms with Crippen LogP contribution in [-0.4, -0.2) is 56.0 Å². The second-order valence-electron chi connectivity index (χ2n) is 6.22. The van der Waals surface area contributed by atoms with Crippen molar-refractivity contribution in [2.45, 2.75) is 16.2 Å². The predicted octanol–water partition coefficient (Wildman–Crippen LogP) is 4.58. The van der Waals surface area contributed by atoms with Gasteiger partial charge in [0.05, 0.1) is 11.4 Å². The van der Waals surface area contributed by atoms with Crippen molar-refractivity contribution in [3.05, 3.63) is 47.5 Å². The Labute approximate surface area is 166 Å². The van der Waals surface area contributed by atoms with E-state index in [1.165, 1.54) is 4.90 Å². The summed E-state index contributed by atoms with van der Waals surface area (Å²) in [5.74, 6) is 0. The molecule has 0 amide bonds. The van der Waals surface area contributed by atoms with Gasteiger partial charge in [0.15, 0.2) is 0 Å². The number of rotatable bonds is 4. The number of benzene rings is 2. The fraction of sp³-hybridized carbons (Fsp3) is 0.400. The van der Waals surface area contributed by atoms with Gasteiger partial charge in [0.2, 0.25) is 0 Å². The molecule has 5 heteroatoms. The van der Waals surface area contributed by atoms with Crippen molar-refractivity contribution in [3.63, 3.8) is 0 Å². The van der Waals surface area contributed by atoms with Crippen LogP contribution >= 0.6 is 23.4 Å². The van der Waals surface area contributed by atoms with E-state index in [-0.39, 0.29) is 0 Å². The van der Waals surface area contributed by atoms with Crippen LogP contribution in [0.1, 0.15) is 13.3 Å². The van der Waals surface area contributed by atoms with Gasteiger partial charge in [0.1, 0.15) is 0 Å². The van der Waals surface area contributed by atoms with E-state index in [2.05, 4.69) is 17.0 Å². The second kappa shape index (κ2) is 7.58. The summed E-state index contributed by atoms with van der Waals surface area (Å²) < 4.78 is 39.9. The Bertz CT molecular complexity index is 916. The van der Waals surface area contributed by atoms with Gasteiger partial charge in [-0.05, 0) is 50.2 Å². The quantitative estimate of drug-likeness (QED) is 0.769. The lowest BCUT2D eigenvalue weighted by molar-refractivity contribution is 0.153. The first-order chi connectivity index (χ1) is 14.1. The zero-order chi connectivity index (χ0) is 21.5. The SMILES string of the molecule is [2H]C([2H])([2H])N1CCN(C([2H])([2H])CCN2c3ccccc3Sc3ccc(Cl)cc32)CC1. The fourth-order valence-corrected chi connectivity index (χ4v) is 4.47. The van der Waals surface area contributed by atoms with Gasteiger partial charge in [0, 0.05) is 54.4 Å². The van der Waals surface area contributed by atoms with Gasteiger partial charge in [-0.3, -0.25) is 0 Å². The number of halogens is 1. The highest BCUT2D eigenvalue weighted by molar-refractivity contribution is 7.99. The normalized spacial score (nSPS) is 22.1. The Balaban J connectivity index is 1.50. The van der Waals surface area contributed by atoms with Gasteiger partial charge < -0.3 is 14.7 Å². The largest absolute Gasteiger partial charge is 0.340 e. The monoisotopic (exact) mass is 378 g/mol. The molecule has 0 aliphatic carbocycles. The molecule has 0 aromatic heterocycles. The molecule has 2 heterocycles.